The summed E-state index contributed by atoms with van der Waals surface area (Å²) in [7, 11) is 0. The van der Waals surface area contributed by atoms with Crippen LogP contribution in [0.15, 0.2) is 53.4 Å². The Bertz CT molecular complexity index is 510. The Morgan fingerprint density at radius 2 is 1.79 bits per heavy atom. The van der Waals surface area contributed by atoms with E-state index in [1.165, 1.54) is 10.5 Å². The van der Waals surface area contributed by atoms with Gasteiger partial charge in [-0.1, -0.05) is 24.3 Å². The van der Waals surface area contributed by atoms with E-state index < -0.39 is 0 Å². The number of aliphatic hydroxyl groups excluding tert-OH is 1. The minimum atomic E-state index is 0.111. The lowest BCUT2D eigenvalue weighted by atomic mass is 10.1. The van der Waals surface area contributed by atoms with E-state index in [1.807, 2.05) is 42.1 Å². The molecule has 0 aromatic heterocycles. The molecule has 19 heavy (non-hydrogen) atoms. The van der Waals surface area contributed by atoms with Crippen molar-refractivity contribution in [1.29, 1.82) is 0 Å². The number of thioether (sulfide) groups is 1. The summed E-state index contributed by atoms with van der Waals surface area (Å²) in [6.45, 7) is 0.111. The summed E-state index contributed by atoms with van der Waals surface area (Å²) < 4.78 is 0. The summed E-state index contributed by atoms with van der Waals surface area (Å²) in [6, 6.07) is 16.2. The van der Waals surface area contributed by atoms with Crippen molar-refractivity contribution in [2.75, 3.05) is 11.5 Å². The van der Waals surface area contributed by atoms with Crippen molar-refractivity contribution < 1.29 is 5.11 Å². The number of hydrogen-bond donors (Lipinski definition) is 2. The molecule has 0 atom stereocenters. The van der Waals surface area contributed by atoms with Crippen LogP contribution in [0.5, 0.6) is 0 Å². The highest BCUT2D eigenvalue weighted by molar-refractivity contribution is 7.99. The van der Waals surface area contributed by atoms with Crippen LogP contribution in [0.25, 0.3) is 0 Å². The fourth-order valence-corrected chi connectivity index (χ4v) is 2.76. The lowest BCUT2D eigenvalue weighted by Gasteiger charge is -2.04. The number of rotatable bonds is 6. The molecular weight excluding hydrogens is 254 g/mol. The standard InChI is InChI=1S/C16H19NOS/c17-15-5-1-3-13(11-15)4-2-10-19-16-8-6-14(12-18)7-9-16/h1,3,5-9,11,18H,2,4,10,12,17H2. The maximum absolute atomic E-state index is 8.97. The van der Waals surface area contributed by atoms with Crippen LogP contribution in [0.1, 0.15) is 17.5 Å². The highest BCUT2D eigenvalue weighted by Crippen LogP contribution is 2.20. The minimum Gasteiger partial charge on any atom is -0.399 e. The molecule has 0 saturated heterocycles. The molecule has 0 saturated carbocycles. The van der Waals surface area contributed by atoms with Gasteiger partial charge in [0.15, 0.2) is 0 Å². The molecule has 3 N–H and O–H groups in total. The third-order valence-electron chi connectivity index (χ3n) is 2.94. The number of nitrogens with two attached hydrogens (primary N) is 1. The Labute approximate surface area is 118 Å². The molecule has 2 aromatic carbocycles. The normalized spacial score (nSPS) is 10.6. The zero-order chi connectivity index (χ0) is 13.5. The largest absolute Gasteiger partial charge is 0.399 e. The molecule has 100 valence electrons. The molecule has 0 amide bonds. The topological polar surface area (TPSA) is 46.2 Å². The smallest absolute Gasteiger partial charge is 0.0681 e. The highest BCUT2D eigenvalue weighted by Gasteiger charge is 1.97. The lowest BCUT2D eigenvalue weighted by molar-refractivity contribution is 0.282. The van der Waals surface area contributed by atoms with Crippen molar-refractivity contribution in [3.63, 3.8) is 0 Å². The van der Waals surface area contributed by atoms with Crippen LogP contribution < -0.4 is 5.73 Å². The summed E-state index contributed by atoms with van der Waals surface area (Å²) >= 11 is 1.85. The van der Waals surface area contributed by atoms with Crippen molar-refractivity contribution in [2.45, 2.75) is 24.3 Å². The van der Waals surface area contributed by atoms with Crippen molar-refractivity contribution in [3.05, 3.63) is 59.7 Å². The van der Waals surface area contributed by atoms with Gasteiger partial charge in [0.2, 0.25) is 0 Å². The maximum Gasteiger partial charge on any atom is 0.0681 e. The third kappa shape index (κ3) is 4.62. The van der Waals surface area contributed by atoms with Gasteiger partial charge >= 0.3 is 0 Å². The zero-order valence-corrected chi connectivity index (χ0v) is 11.7. The predicted molar refractivity (Wildman–Crippen MR) is 82.3 cm³/mol. The number of nitrogen functional groups attached to an aromatic ring is 1. The first kappa shape index (κ1) is 14.0. The zero-order valence-electron chi connectivity index (χ0n) is 10.9. The molecule has 0 aliphatic carbocycles. The minimum absolute atomic E-state index is 0.111. The summed E-state index contributed by atoms with van der Waals surface area (Å²) in [5.74, 6) is 1.09. The van der Waals surface area contributed by atoms with E-state index in [-0.39, 0.29) is 6.61 Å². The molecular formula is C16H19NOS. The molecule has 0 radical (unpaired) electrons. The van der Waals surface area contributed by atoms with Crippen molar-refractivity contribution in [3.8, 4) is 0 Å². The van der Waals surface area contributed by atoms with Crippen LogP contribution in [0.3, 0.4) is 0 Å². The van der Waals surface area contributed by atoms with Gasteiger partial charge in [-0.15, -0.1) is 11.8 Å². The van der Waals surface area contributed by atoms with E-state index in [0.717, 1.165) is 29.8 Å². The molecule has 0 aliphatic rings. The molecule has 0 spiro atoms. The molecule has 2 aromatic rings. The van der Waals surface area contributed by atoms with Gasteiger partial charge in [-0.2, -0.15) is 0 Å². The molecule has 0 fully saturated rings. The van der Waals surface area contributed by atoms with E-state index in [0.29, 0.717) is 0 Å². The summed E-state index contributed by atoms with van der Waals surface area (Å²) in [4.78, 5) is 1.25. The predicted octanol–water partition coefficient (Wildman–Crippen LogP) is 3.49. The molecule has 2 nitrogen and oxygen atoms in total. The van der Waals surface area contributed by atoms with E-state index in [9.17, 15) is 0 Å². The Hall–Kier alpha value is -1.45. The molecule has 0 heterocycles. The first-order chi connectivity index (χ1) is 9.28. The summed E-state index contributed by atoms with van der Waals surface area (Å²) in [5, 5.41) is 8.97. The van der Waals surface area contributed by atoms with E-state index >= 15 is 0 Å². The number of benzene rings is 2. The summed E-state index contributed by atoms with van der Waals surface area (Å²) in [5.41, 5.74) is 8.86. The van der Waals surface area contributed by atoms with Crippen LogP contribution >= 0.6 is 11.8 Å². The Kier molecular flexibility index (Phi) is 5.31. The van der Waals surface area contributed by atoms with Gasteiger partial charge in [0.25, 0.3) is 0 Å². The van der Waals surface area contributed by atoms with Gasteiger partial charge in [-0.25, -0.2) is 0 Å². The van der Waals surface area contributed by atoms with Crippen LogP contribution in [-0.2, 0) is 13.0 Å². The second-order valence-electron chi connectivity index (χ2n) is 4.50. The van der Waals surface area contributed by atoms with E-state index in [2.05, 4.69) is 18.2 Å². The Morgan fingerprint density at radius 1 is 1.00 bits per heavy atom. The first-order valence-electron chi connectivity index (χ1n) is 6.45. The third-order valence-corrected chi connectivity index (χ3v) is 4.03. The number of anilines is 1. The number of hydrogen-bond acceptors (Lipinski definition) is 3. The fraction of sp³-hybridized carbons (Fsp3) is 0.250. The van der Waals surface area contributed by atoms with Crippen LogP contribution in [-0.4, -0.2) is 10.9 Å². The van der Waals surface area contributed by atoms with Crippen molar-refractivity contribution in [2.24, 2.45) is 0 Å². The average Bonchev–Trinajstić information content (AvgIpc) is 2.44. The highest BCUT2D eigenvalue weighted by atomic mass is 32.2. The molecule has 0 aliphatic heterocycles. The quantitative estimate of drug-likeness (QED) is 0.481. The summed E-state index contributed by atoms with van der Waals surface area (Å²) in [6.07, 6.45) is 2.20. The van der Waals surface area contributed by atoms with Gasteiger partial charge in [0.05, 0.1) is 6.61 Å². The molecule has 3 heteroatoms. The van der Waals surface area contributed by atoms with Crippen LogP contribution in [0.4, 0.5) is 5.69 Å². The SMILES string of the molecule is Nc1cccc(CCCSc2ccc(CO)cc2)c1. The maximum atomic E-state index is 8.97. The van der Waals surface area contributed by atoms with Crippen molar-refractivity contribution in [1.82, 2.24) is 0 Å². The lowest BCUT2D eigenvalue weighted by Crippen LogP contribution is -1.91. The monoisotopic (exact) mass is 273 g/mol. The van der Waals surface area contributed by atoms with E-state index in [4.69, 9.17) is 10.8 Å². The Morgan fingerprint density at radius 3 is 2.47 bits per heavy atom. The number of aryl methyl sites for hydroxylation is 1. The van der Waals surface area contributed by atoms with E-state index in [1.54, 1.807) is 0 Å². The molecule has 0 unspecified atom stereocenters. The second kappa shape index (κ2) is 7.22. The van der Waals surface area contributed by atoms with Gasteiger partial charge in [-0.3, -0.25) is 0 Å². The van der Waals surface area contributed by atoms with Crippen LogP contribution in [0.2, 0.25) is 0 Å². The fourth-order valence-electron chi connectivity index (χ4n) is 1.91. The molecule has 0 bridgehead atoms. The van der Waals surface area contributed by atoms with Gasteiger partial charge in [-0.05, 0) is 54.0 Å². The number of aliphatic hydroxyl groups is 1. The second-order valence-corrected chi connectivity index (χ2v) is 5.67. The molecule has 2 rings (SSSR count). The average molecular weight is 273 g/mol. The van der Waals surface area contributed by atoms with Gasteiger partial charge < -0.3 is 10.8 Å². The van der Waals surface area contributed by atoms with Gasteiger partial charge in [0, 0.05) is 10.6 Å². The van der Waals surface area contributed by atoms with Crippen LogP contribution in [0, 0.1) is 0 Å². The Balaban J connectivity index is 1.74. The van der Waals surface area contributed by atoms with Gasteiger partial charge in [0.1, 0.15) is 0 Å². The van der Waals surface area contributed by atoms with Crippen molar-refractivity contribution >= 4 is 17.4 Å². The first-order valence-corrected chi connectivity index (χ1v) is 7.43.